The van der Waals surface area contributed by atoms with E-state index in [9.17, 15) is 13.6 Å². The number of carbonyl (C=O) groups is 1. The van der Waals surface area contributed by atoms with Crippen molar-refractivity contribution in [1.82, 2.24) is 0 Å². The van der Waals surface area contributed by atoms with Gasteiger partial charge in [0.25, 0.3) is 0 Å². The molecule has 0 atom stereocenters. The number of rotatable bonds is 3. The first-order valence-corrected chi connectivity index (χ1v) is 4.00. The van der Waals surface area contributed by atoms with Crippen molar-refractivity contribution < 1.29 is 13.6 Å². The average molecular weight is 197 g/mol. The number of aldehydes is 1. The van der Waals surface area contributed by atoms with Crippen LogP contribution in [0.15, 0.2) is 18.2 Å². The number of nitrogens with two attached hydrogens (primary N) is 1. The average Bonchev–Trinajstić information content (AvgIpc) is 2.18. The summed E-state index contributed by atoms with van der Waals surface area (Å²) >= 11 is 0. The molecule has 14 heavy (non-hydrogen) atoms. The van der Waals surface area contributed by atoms with Crippen LogP contribution in [0.1, 0.15) is 15.9 Å². The highest BCUT2D eigenvalue weighted by Gasteiger charge is 2.10. The Labute approximate surface area is 80.0 Å². The molecule has 0 spiro atoms. The van der Waals surface area contributed by atoms with Crippen LogP contribution in [-0.2, 0) is 0 Å². The molecule has 1 aromatic carbocycles. The van der Waals surface area contributed by atoms with Crippen LogP contribution < -0.4 is 5.73 Å². The number of carbonyl (C=O) groups excluding carboxylic acids is 1. The second-order valence-electron chi connectivity index (χ2n) is 2.62. The van der Waals surface area contributed by atoms with Gasteiger partial charge in [-0.15, -0.1) is 0 Å². The van der Waals surface area contributed by atoms with Crippen LogP contribution in [0.2, 0.25) is 0 Å². The molecule has 0 aliphatic rings. The molecule has 0 saturated heterocycles. The maximum atomic E-state index is 13.3. The quantitative estimate of drug-likeness (QED) is 0.750. The summed E-state index contributed by atoms with van der Waals surface area (Å²) in [6.45, 7) is 0.257. The van der Waals surface area contributed by atoms with Crippen LogP contribution in [0.3, 0.4) is 0 Å². The zero-order valence-corrected chi connectivity index (χ0v) is 7.34. The van der Waals surface area contributed by atoms with E-state index >= 15 is 0 Å². The van der Waals surface area contributed by atoms with Gasteiger partial charge in [-0.2, -0.15) is 0 Å². The Balaban J connectivity index is 3.21. The topological polar surface area (TPSA) is 43.1 Å². The third-order valence-corrected chi connectivity index (χ3v) is 1.71. The molecule has 2 nitrogen and oxygen atoms in total. The van der Waals surface area contributed by atoms with E-state index < -0.39 is 17.2 Å². The summed E-state index contributed by atoms with van der Waals surface area (Å²) in [7, 11) is 0. The van der Waals surface area contributed by atoms with Crippen LogP contribution in [0, 0.1) is 11.6 Å². The Morgan fingerprint density at radius 3 is 2.64 bits per heavy atom. The molecule has 0 heterocycles. The Bertz CT molecular complexity index is 375. The van der Waals surface area contributed by atoms with Gasteiger partial charge in [-0.05, 0) is 12.1 Å². The lowest BCUT2D eigenvalue weighted by atomic mass is 10.1. The summed E-state index contributed by atoms with van der Waals surface area (Å²) < 4.78 is 26.1. The van der Waals surface area contributed by atoms with Crippen molar-refractivity contribution in [2.75, 3.05) is 6.54 Å². The molecule has 0 aromatic heterocycles. The highest BCUT2D eigenvalue weighted by molar-refractivity contribution is 5.77. The van der Waals surface area contributed by atoms with E-state index in [4.69, 9.17) is 5.73 Å². The van der Waals surface area contributed by atoms with Crippen molar-refractivity contribution in [3.8, 4) is 0 Å². The molecule has 0 amide bonds. The lowest BCUT2D eigenvalue weighted by Crippen LogP contribution is -1.97. The molecule has 4 heteroatoms. The summed E-state index contributed by atoms with van der Waals surface area (Å²) in [5.41, 5.74) is 4.77. The predicted octanol–water partition coefficient (Wildman–Crippen LogP) is 1.75. The largest absolute Gasteiger partial charge is 0.327 e. The van der Waals surface area contributed by atoms with Crippen molar-refractivity contribution in [2.45, 2.75) is 0 Å². The molecule has 2 N–H and O–H groups in total. The molecule has 1 rings (SSSR count). The van der Waals surface area contributed by atoms with E-state index in [0.29, 0.717) is 0 Å². The first-order valence-electron chi connectivity index (χ1n) is 4.00. The Morgan fingerprint density at radius 1 is 1.36 bits per heavy atom. The van der Waals surface area contributed by atoms with E-state index in [-0.39, 0.29) is 18.4 Å². The molecule has 1 aromatic rings. The predicted molar refractivity (Wildman–Crippen MR) is 49.8 cm³/mol. The van der Waals surface area contributed by atoms with Gasteiger partial charge in [0.1, 0.15) is 11.6 Å². The van der Waals surface area contributed by atoms with E-state index in [1.807, 2.05) is 0 Å². The van der Waals surface area contributed by atoms with Crippen molar-refractivity contribution in [1.29, 1.82) is 0 Å². The van der Waals surface area contributed by atoms with E-state index in [2.05, 4.69) is 0 Å². The smallest absolute Gasteiger partial charge is 0.155 e. The van der Waals surface area contributed by atoms with Gasteiger partial charge in [-0.3, -0.25) is 4.79 Å². The maximum Gasteiger partial charge on any atom is 0.155 e. The van der Waals surface area contributed by atoms with Gasteiger partial charge >= 0.3 is 0 Å². The third kappa shape index (κ3) is 2.03. The first kappa shape index (κ1) is 10.5. The van der Waals surface area contributed by atoms with Crippen LogP contribution in [0.5, 0.6) is 0 Å². The van der Waals surface area contributed by atoms with E-state index in [1.165, 1.54) is 18.2 Å². The number of hydrogen-bond donors (Lipinski definition) is 1. The minimum atomic E-state index is -0.859. The van der Waals surface area contributed by atoms with Crippen LogP contribution in [-0.4, -0.2) is 12.8 Å². The number of halogens is 2. The second kappa shape index (κ2) is 4.62. The Morgan fingerprint density at radius 2 is 2.07 bits per heavy atom. The molecular formula is C10H9F2NO. The zero-order chi connectivity index (χ0) is 10.6. The molecule has 0 fully saturated rings. The Kier molecular flexibility index (Phi) is 3.48. The van der Waals surface area contributed by atoms with Crippen LogP contribution >= 0.6 is 0 Å². The van der Waals surface area contributed by atoms with Gasteiger partial charge < -0.3 is 5.73 Å². The monoisotopic (exact) mass is 197 g/mol. The highest BCUT2D eigenvalue weighted by atomic mass is 19.1. The molecular weight excluding hydrogens is 188 g/mol. The minimum Gasteiger partial charge on any atom is -0.327 e. The van der Waals surface area contributed by atoms with Gasteiger partial charge in [0.2, 0.25) is 0 Å². The summed E-state index contributed by atoms with van der Waals surface area (Å²) in [4.78, 5) is 10.3. The van der Waals surface area contributed by atoms with Crippen molar-refractivity contribution in [3.63, 3.8) is 0 Å². The fourth-order valence-corrected chi connectivity index (χ4v) is 1.02. The van der Waals surface area contributed by atoms with Crippen LogP contribution in [0.25, 0.3) is 6.08 Å². The van der Waals surface area contributed by atoms with Crippen LogP contribution in [0.4, 0.5) is 8.78 Å². The standard InChI is InChI=1S/C10H9F2NO/c11-9-4-3-7(2-1-5-13)10(12)8(9)6-14/h1-4,6H,5,13H2. The Hall–Kier alpha value is -1.55. The van der Waals surface area contributed by atoms with Gasteiger partial charge in [-0.1, -0.05) is 12.2 Å². The fourth-order valence-electron chi connectivity index (χ4n) is 1.02. The molecule has 0 aliphatic heterocycles. The SMILES string of the molecule is NCC=Cc1ccc(F)c(C=O)c1F. The normalized spacial score (nSPS) is 10.8. The van der Waals surface area contributed by atoms with Crippen molar-refractivity contribution in [2.24, 2.45) is 5.73 Å². The third-order valence-electron chi connectivity index (χ3n) is 1.71. The lowest BCUT2D eigenvalue weighted by molar-refractivity contribution is 0.111. The number of benzene rings is 1. The van der Waals surface area contributed by atoms with E-state index in [0.717, 1.165) is 6.07 Å². The zero-order valence-electron chi connectivity index (χ0n) is 7.34. The second-order valence-corrected chi connectivity index (χ2v) is 2.62. The van der Waals surface area contributed by atoms with Gasteiger partial charge in [-0.25, -0.2) is 8.78 Å². The molecule has 0 radical (unpaired) electrons. The molecule has 0 unspecified atom stereocenters. The summed E-state index contributed by atoms with van der Waals surface area (Å²) in [5.74, 6) is -1.72. The molecule has 0 saturated carbocycles. The van der Waals surface area contributed by atoms with Crippen molar-refractivity contribution >= 4 is 12.4 Å². The van der Waals surface area contributed by atoms with E-state index in [1.54, 1.807) is 0 Å². The summed E-state index contributed by atoms with van der Waals surface area (Å²) in [6.07, 6.45) is 3.08. The molecule has 0 bridgehead atoms. The lowest BCUT2D eigenvalue weighted by Gasteiger charge is -2.00. The summed E-state index contributed by atoms with van der Waals surface area (Å²) in [5, 5.41) is 0. The first-order chi connectivity index (χ1) is 6.70. The minimum absolute atomic E-state index is 0.152. The number of hydrogen-bond acceptors (Lipinski definition) is 2. The van der Waals surface area contributed by atoms with Crippen molar-refractivity contribution in [3.05, 3.63) is 41.0 Å². The molecule has 0 aliphatic carbocycles. The van der Waals surface area contributed by atoms with Gasteiger partial charge in [0.15, 0.2) is 6.29 Å². The molecule has 74 valence electrons. The highest BCUT2D eigenvalue weighted by Crippen LogP contribution is 2.16. The maximum absolute atomic E-state index is 13.3. The fraction of sp³-hybridized carbons (Fsp3) is 0.100. The van der Waals surface area contributed by atoms with Gasteiger partial charge in [0.05, 0.1) is 5.56 Å². The van der Waals surface area contributed by atoms with Gasteiger partial charge in [0, 0.05) is 12.1 Å². The summed E-state index contributed by atoms with van der Waals surface area (Å²) in [6, 6.07) is 2.30.